The molecule has 0 spiro atoms. The van der Waals surface area contributed by atoms with Gasteiger partial charge in [0.2, 0.25) is 0 Å². The van der Waals surface area contributed by atoms with Crippen molar-refractivity contribution in [1.82, 2.24) is 14.6 Å². The molecule has 1 saturated heterocycles. The van der Waals surface area contributed by atoms with Crippen LogP contribution < -0.4 is 5.73 Å². The molecule has 4 unspecified atom stereocenters. The van der Waals surface area contributed by atoms with Crippen molar-refractivity contribution in [2.24, 2.45) is 0 Å². The molecule has 2 aromatic heterocycles. The van der Waals surface area contributed by atoms with Gasteiger partial charge in [-0.25, -0.2) is 13.9 Å². The number of aromatic nitrogens is 3. The molecule has 1 fully saturated rings. The zero-order chi connectivity index (χ0) is 39.5. The zero-order valence-electron chi connectivity index (χ0n) is 33.6. The Balaban J connectivity index is 0.00000399. The second-order valence-electron chi connectivity index (χ2n) is 14.1. The van der Waals surface area contributed by atoms with Crippen LogP contribution in [0.5, 0.6) is 0 Å². The molecule has 3 heterocycles. The highest BCUT2D eigenvalue weighted by atomic mass is 31.2. The van der Waals surface area contributed by atoms with Gasteiger partial charge in [0.25, 0.3) is 0 Å². The van der Waals surface area contributed by atoms with E-state index in [0.29, 0.717) is 31.0 Å². The summed E-state index contributed by atoms with van der Waals surface area (Å²) < 4.78 is 45.3. The van der Waals surface area contributed by atoms with E-state index in [4.69, 9.17) is 29.0 Å². The molecular formula is C42H67FN5O6P. The van der Waals surface area contributed by atoms with Crippen LogP contribution in [0.1, 0.15) is 159 Å². The normalized spacial score (nSPS) is 16.5. The number of nitrogen functional groups attached to an aromatic ring is 1. The van der Waals surface area contributed by atoms with Crippen molar-refractivity contribution >= 4 is 19.9 Å². The molecule has 11 nitrogen and oxygen atoms in total. The first kappa shape index (κ1) is 46.6. The smallest absolute Gasteiger partial charge is 0.330 e. The van der Waals surface area contributed by atoms with Gasteiger partial charge >= 0.3 is 8.60 Å². The van der Waals surface area contributed by atoms with E-state index < -0.39 is 20.5 Å². The van der Waals surface area contributed by atoms with Crippen molar-refractivity contribution in [3.63, 3.8) is 0 Å². The number of benzene rings is 1. The maximum Gasteiger partial charge on any atom is 0.330 e. The van der Waals surface area contributed by atoms with Gasteiger partial charge in [0.05, 0.1) is 49.4 Å². The first-order valence-electron chi connectivity index (χ1n) is 20.8. The van der Waals surface area contributed by atoms with Crippen LogP contribution in [0.2, 0.25) is 0 Å². The number of ether oxygens (including phenoxy) is 3. The van der Waals surface area contributed by atoms with Gasteiger partial charge in [0.15, 0.2) is 5.82 Å². The van der Waals surface area contributed by atoms with Gasteiger partial charge in [0, 0.05) is 13.2 Å². The molecule has 308 valence electrons. The Morgan fingerprint density at radius 3 is 2.29 bits per heavy atom. The molecule has 3 N–H and O–H groups in total. The number of hydrogen-bond acceptors (Lipinski definition) is 10. The van der Waals surface area contributed by atoms with E-state index >= 15 is 0 Å². The minimum Gasteiger partial charge on any atom is -0.382 e. The molecule has 13 heteroatoms. The Labute approximate surface area is 330 Å². The Hall–Kier alpha value is -2.75. The lowest BCUT2D eigenvalue weighted by Crippen LogP contribution is -2.22. The van der Waals surface area contributed by atoms with Gasteiger partial charge in [0.1, 0.15) is 23.8 Å². The summed E-state index contributed by atoms with van der Waals surface area (Å²) in [5.41, 5.74) is 8.37. The first-order chi connectivity index (χ1) is 27.0. The Morgan fingerprint density at radius 2 is 1.62 bits per heavy atom. The van der Waals surface area contributed by atoms with Crippen LogP contribution in [0.4, 0.5) is 10.2 Å². The molecule has 0 radical (unpaired) electrons. The molecule has 3 aromatic rings. The number of rotatable bonds is 29. The predicted octanol–water partition coefficient (Wildman–Crippen LogP) is 10.7. The number of nitriles is 1. The third kappa shape index (κ3) is 18.4. The molecule has 0 aliphatic carbocycles. The number of nitrogens with zero attached hydrogens (tertiary/aromatic N) is 4. The monoisotopic (exact) mass is 787 g/mol. The molecule has 0 saturated carbocycles. The fourth-order valence-corrected chi connectivity index (χ4v) is 7.38. The van der Waals surface area contributed by atoms with E-state index in [1.807, 2.05) is 32.0 Å². The third-order valence-corrected chi connectivity index (χ3v) is 10.5. The first-order valence-corrected chi connectivity index (χ1v) is 22.0. The van der Waals surface area contributed by atoms with Crippen molar-refractivity contribution in [2.75, 3.05) is 32.2 Å². The van der Waals surface area contributed by atoms with Gasteiger partial charge in [-0.05, 0) is 61.6 Å². The largest absolute Gasteiger partial charge is 0.382 e. The second kappa shape index (κ2) is 28.6. The molecule has 0 amide bonds. The maximum atomic E-state index is 14.0. The fourth-order valence-electron chi connectivity index (χ4n) is 6.71. The van der Waals surface area contributed by atoms with Crippen molar-refractivity contribution in [3.05, 3.63) is 59.3 Å². The standard InChI is InChI=1S/C40H61FN5O6P.C2H6/c1-2-3-4-5-6-7-8-9-10-11-12-13-14-15-16-22-48-23-21-35(49-28-33-24-32(27-42)25-34(41)26-33)29-50-53(47)51-30-36-17-20-39(52-36)37-18-19-38-40(43)44-31-45-46(37)38;1-2/h18-19,24-26,31,35-36,39,47H,2-17,20-23,28-30H2,1H3,(H2,43,44,45);1-2H3. The highest BCUT2D eigenvalue weighted by molar-refractivity contribution is 7.40. The Bertz CT molecular complexity index is 1490. The highest BCUT2D eigenvalue weighted by Crippen LogP contribution is 2.38. The molecule has 4 atom stereocenters. The van der Waals surface area contributed by atoms with Gasteiger partial charge in [-0.2, -0.15) is 10.4 Å². The van der Waals surface area contributed by atoms with Crippen molar-refractivity contribution < 1.29 is 32.5 Å². The maximum absolute atomic E-state index is 14.0. The van der Waals surface area contributed by atoms with Crippen LogP contribution in [-0.2, 0) is 29.9 Å². The summed E-state index contributed by atoms with van der Waals surface area (Å²) in [6.07, 6.45) is 22.4. The van der Waals surface area contributed by atoms with Crippen LogP contribution in [0.3, 0.4) is 0 Å². The van der Waals surface area contributed by atoms with Gasteiger partial charge in [-0.15, -0.1) is 0 Å². The number of fused-ring (bicyclic) bond motifs is 1. The second-order valence-corrected chi connectivity index (χ2v) is 15.1. The average Bonchev–Trinajstić information content (AvgIpc) is 3.86. The minimum atomic E-state index is -2.19. The summed E-state index contributed by atoms with van der Waals surface area (Å²) in [5.74, 6) is -0.0856. The number of unbranched alkanes of at least 4 members (excludes halogenated alkanes) is 14. The van der Waals surface area contributed by atoms with Gasteiger partial charge < -0.3 is 33.9 Å². The molecule has 0 bridgehead atoms. The summed E-state index contributed by atoms with van der Waals surface area (Å²) in [6, 6.07) is 9.92. The van der Waals surface area contributed by atoms with E-state index in [0.717, 1.165) is 36.9 Å². The van der Waals surface area contributed by atoms with E-state index in [1.165, 1.54) is 102 Å². The highest BCUT2D eigenvalue weighted by Gasteiger charge is 2.30. The Morgan fingerprint density at radius 1 is 0.945 bits per heavy atom. The van der Waals surface area contributed by atoms with Crippen LogP contribution in [0.15, 0.2) is 36.7 Å². The lowest BCUT2D eigenvalue weighted by atomic mass is 10.0. The minimum absolute atomic E-state index is 0.0658. The molecule has 55 heavy (non-hydrogen) atoms. The summed E-state index contributed by atoms with van der Waals surface area (Å²) in [4.78, 5) is 14.6. The van der Waals surface area contributed by atoms with Crippen LogP contribution in [-0.4, -0.2) is 58.1 Å². The number of nitrogens with two attached hydrogens (primary N) is 1. The Kier molecular flexibility index (Phi) is 24.3. The number of hydrogen-bond donors (Lipinski definition) is 2. The third-order valence-electron chi connectivity index (χ3n) is 9.74. The predicted molar refractivity (Wildman–Crippen MR) is 217 cm³/mol. The van der Waals surface area contributed by atoms with E-state index in [1.54, 1.807) is 10.6 Å². The van der Waals surface area contributed by atoms with E-state index in [-0.39, 0.29) is 37.6 Å². The average molecular weight is 788 g/mol. The van der Waals surface area contributed by atoms with E-state index in [2.05, 4.69) is 17.0 Å². The zero-order valence-corrected chi connectivity index (χ0v) is 34.5. The summed E-state index contributed by atoms with van der Waals surface area (Å²) >= 11 is 0. The fraction of sp³-hybridized carbons (Fsp3) is 0.690. The van der Waals surface area contributed by atoms with E-state index in [9.17, 15) is 14.5 Å². The lowest BCUT2D eigenvalue weighted by molar-refractivity contribution is -0.0210. The topological polar surface area (TPSA) is 146 Å². The van der Waals surface area contributed by atoms with Crippen LogP contribution in [0.25, 0.3) is 5.52 Å². The molecule has 1 aliphatic heterocycles. The lowest BCUT2D eigenvalue weighted by Gasteiger charge is -2.20. The van der Waals surface area contributed by atoms with Crippen molar-refractivity contribution in [1.29, 1.82) is 5.26 Å². The van der Waals surface area contributed by atoms with Crippen molar-refractivity contribution in [2.45, 2.75) is 161 Å². The van der Waals surface area contributed by atoms with Gasteiger partial charge in [-0.3, -0.25) is 0 Å². The molecule has 4 rings (SSSR count). The van der Waals surface area contributed by atoms with Crippen molar-refractivity contribution in [3.8, 4) is 6.07 Å². The quantitative estimate of drug-likeness (QED) is 0.0515. The van der Waals surface area contributed by atoms with Crippen LogP contribution >= 0.6 is 8.60 Å². The number of anilines is 1. The van der Waals surface area contributed by atoms with Crippen LogP contribution in [0, 0.1) is 17.1 Å². The SMILES string of the molecule is CC.CCCCCCCCCCCCCCCCCOCCC(COP(O)OCC1CCC(c2ccc3c(N)ncnn23)O1)OCc1cc(F)cc(C#N)c1. The summed E-state index contributed by atoms with van der Waals surface area (Å²) in [6.45, 7) is 7.74. The number of halogens is 1. The summed E-state index contributed by atoms with van der Waals surface area (Å²) in [5, 5.41) is 13.5. The molecule has 1 aromatic carbocycles. The molecule has 1 aliphatic rings. The van der Waals surface area contributed by atoms with Gasteiger partial charge in [-0.1, -0.05) is 111 Å². The summed E-state index contributed by atoms with van der Waals surface area (Å²) in [7, 11) is -2.19. The molecular weight excluding hydrogens is 720 g/mol.